The summed E-state index contributed by atoms with van der Waals surface area (Å²) in [5, 5.41) is 8.44. The van der Waals surface area contributed by atoms with Crippen molar-refractivity contribution in [2.45, 2.75) is 27.7 Å². The van der Waals surface area contributed by atoms with Crippen molar-refractivity contribution in [2.24, 2.45) is 0 Å². The Labute approximate surface area is 78.0 Å². The topological polar surface area (TPSA) is 36.7 Å². The van der Waals surface area contributed by atoms with Gasteiger partial charge in [0.2, 0.25) is 0 Å². The van der Waals surface area contributed by atoms with Crippen LogP contribution in [-0.2, 0) is 0 Å². The molecule has 0 N–H and O–H groups in total. The highest BCUT2D eigenvalue weighted by Gasteiger charge is 2.04. The molecule has 0 unspecified atom stereocenters. The van der Waals surface area contributed by atoms with Gasteiger partial charge in [-0.1, -0.05) is 13.8 Å². The summed E-state index contributed by atoms with van der Waals surface area (Å²) in [4.78, 5) is 3.72. The Bertz CT molecular complexity index is 303. The highest BCUT2D eigenvalue weighted by Crippen LogP contribution is 2.09. The van der Waals surface area contributed by atoms with Gasteiger partial charge in [0.15, 0.2) is 0 Å². The SMILES string of the molecule is CC.Cc1cc(C#N)nc(C)c1F. The van der Waals surface area contributed by atoms with E-state index in [2.05, 4.69) is 4.98 Å². The van der Waals surface area contributed by atoms with Crippen LogP contribution in [-0.4, -0.2) is 4.98 Å². The molecule has 13 heavy (non-hydrogen) atoms. The summed E-state index contributed by atoms with van der Waals surface area (Å²) in [5.74, 6) is -0.330. The Balaban J connectivity index is 0.000000671. The van der Waals surface area contributed by atoms with Crippen molar-refractivity contribution in [1.82, 2.24) is 4.98 Å². The predicted octanol–water partition coefficient (Wildman–Crippen LogP) is 2.74. The molecule has 0 fully saturated rings. The minimum Gasteiger partial charge on any atom is -0.239 e. The monoisotopic (exact) mass is 180 g/mol. The molecule has 0 aliphatic heterocycles. The van der Waals surface area contributed by atoms with E-state index in [1.165, 1.54) is 6.07 Å². The van der Waals surface area contributed by atoms with E-state index in [0.29, 0.717) is 5.56 Å². The molecule has 1 heterocycles. The van der Waals surface area contributed by atoms with Crippen LogP contribution in [0.4, 0.5) is 4.39 Å². The normalized spacial score (nSPS) is 8.31. The number of rotatable bonds is 0. The quantitative estimate of drug-likeness (QED) is 0.615. The highest BCUT2D eigenvalue weighted by atomic mass is 19.1. The summed E-state index contributed by atoms with van der Waals surface area (Å²) in [6, 6.07) is 3.29. The third-order valence-electron chi connectivity index (χ3n) is 1.42. The Morgan fingerprint density at radius 1 is 1.38 bits per heavy atom. The molecule has 0 amide bonds. The van der Waals surface area contributed by atoms with E-state index in [1.54, 1.807) is 13.8 Å². The van der Waals surface area contributed by atoms with Crippen LogP contribution in [0, 0.1) is 31.0 Å². The standard InChI is InChI=1S/C8H7FN2.C2H6/c1-5-3-7(4-10)11-6(2)8(5)9;1-2/h3H,1-2H3;1-2H3. The summed E-state index contributed by atoms with van der Waals surface area (Å²) < 4.78 is 12.9. The molecule has 0 aromatic carbocycles. The summed E-state index contributed by atoms with van der Waals surface area (Å²) in [5.41, 5.74) is 1.01. The van der Waals surface area contributed by atoms with Gasteiger partial charge in [-0.3, -0.25) is 0 Å². The molecule has 2 nitrogen and oxygen atoms in total. The Morgan fingerprint density at radius 3 is 2.31 bits per heavy atom. The van der Waals surface area contributed by atoms with Crippen molar-refractivity contribution in [1.29, 1.82) is 5.26 Å². The fraction of sp³-hybridized carbons (Fsp3) is 0.400. The van der Waals surface area contributed by atoms with E-state index >= 15 is 0 Å². The van der Waals surface area contributed by atoms with Gasteiger partial charge < -0.3 is 0 Å². The van der Waals surface area contributed by atoms with Gasteiger partial charge in [0.05, 0.1) is 5.69 Å². The summed E-state index contributed by atoms with van der Waals surface area (Å²) in [7, 11) is 0. The number of aromatic nitrogens is 1. The average molecular weight is 180 g/mol. The van der Waals surface area contributed by atoms with Gasteiger partial charge in [-0.25, -0.2) is 9.37 Å². The molecule has 0 bridgehead atoms. The highest BCUT2D eigenvalue weighted by molar-refractivity contribution is 5.28. The van der Waals surface area contributed by atoms with Gasteiger partial charge in [0, 0.05) is 0 Å². The molecule has 70 valence electrons. The molecular formula is C10H13FN2. The van der Waals surface area contributed by atoms with Crippen LogP contribution in [0.2, 0.25) is 0 Å². The molecule has 0 aliphatic carbocycles. The van der Waals surface area contributed by atoms with Crippen LogP contribution in [0.15, 0.2) is 6.07 Å². The fourth-order valence-electron chi connectivity index (χ4n) is 0.873. The van der Waals surface area contributed by atoms with Crippen LogP contribution in [0.25, 0.3) is 0 Å². The molecular weight excluding hydrogens is 167 g/mol. The molecule has 0 saturated carbocycles. The third kappa shape index (κ3) is 2.83. The van der Waals surface area contributed by atoms with Gasteiger partial charge >= 0.3 is 0 Å². The largest absolute Gasteiger partial charge is 0.239 e. The number of aryl methyl sites for hydroxylation is 2. The van der Waals surface area contributed by atoms with E-state index in [-0.39, 0.29) is 17.2 Å². The fourth-order valence-corrected chi connectivity index (χ4v) is 0.873. The first-order valence-electron chi connectivity index (χ1n) is 4.19. The van der Waals surface area contributed by atoms with Crippen LogP contribution in [0.3, 0.4) is 0 Å². The second kappa shape index (κ2) is 5.26. The first-order valence-corrected chi connectivity index (χ1v) is 4.19. The lowest BCUT2D eigenvalue weighted by molar-refractivity contribution is 0.600. The lowest BCUT2D eigenvalue weighted by Crippen LogP contribution is -1.94. The van der Waals surface area contributed by atoms with Gasteiger partial charge in [0.1, 0.15) is 17.6 Å². The van der Waals surface area contributed by atoms with E-state index in [0.717, 1.165) is 0 Å². The smallest absolute Gasteiger partial charge is 0.147 e. The predicted molar refractivity (Wildman–Crippen MR) is 49.7 cm³/mol. The maximum atomic E-state index is 12.9. The molecule has 1 aromatic rings. The molecule has 0 aliphatic rings. The van der Waals surface area contributed by atoms with Crippen molar-refractivity contribution in [3.05, 3.63) is 28.8 Å². The second-order valence-corrected chi connectivity index (χ2v) is 2.34. The number of nitriles is 1. The average Bonchev–Trinajstić information content (AvgIpc) is 2.16. The van der Waals surface area contributed by atoms with Crippen molar-refractivity contribution in [3.8, 4) is 6.07 Å². The molecule has 0 radical (unpaired) electrons. The van der Waals surface area contributed by atoms with Crippen molar-refractivity contribution in [3.63, 3.8) is 0 Å². The molecule has 0 saturated heterocycles. The van der Waals surface area contributed by atoms with Gasteiger partial charge in [-0.05, 0) is 25.5 Å². The van der Waals surface area contributed by atoms with Crippen LogP contribution in [0.1, 0.15) is 30.8 Å². The zero-order valence-electron chi connectivity index (χ0n) is 8.35. The first-order chi connectivity index (χ1) is 6.15. The van der Waals surface area contributed by atoms with Crippen LogP contribution >= 0.6 is 0 Å². The molecule has 0 spiro atoms. The van der Waals surface area contributed by atoms with Gasteiger partial charge in [0.25, 0.3) is 0 Å². The molecule has 3 heteroatoms. The van der Waals surface area contributed by atoms with Crippen LogP contribution in [0.5, 0.6) is 0 Å². The maximum Gasteiger partial charge on any atom is 0.147 e. The lowest BCUT2D eigenvalue weighted by Gasteiger charge is -1.98. The van der Waals surface area contributed by atoms with E-state index in [9.17, 15) is 4.39 Å². The number of halogens is 1. The van der Waals surface area contributed by atoms with Gasteiger partial charge in [-0.15, -0.1) is 0 Å². The van der Waals surface area contributed by atoms with E-state index < -0.39 is 0 Å². The number of hydrogen-bond acceptors (Lipinski definition) is 2. The zero-order valence-corrected chi connectivity index (χ0v) is 8.35. The Kier molecular flexibility index (Phi) is 4.68. The number of hydrogen-bond donors (Lipinski definition) is 0. The first kappa shape index (κ1) is 11.6. The molecule has 0 atom stereocenters. The number of pyridine rings is 1. The minimum atomic E-state index is -0.330. The van der Waals surface area contributed by atoms with Gasteiger partial charge in [-0.2, -0.15) is 5.26 Å². The molecule has 1 aromatic heterocycles. The Morgan fingerprint density at radius 2 is 1.92 bits per heavy atom. The minimum absolute atomic E-state index is 0.265. The number of nitrogens with zero attached hydrogens (tertiary/aromatic N) is 2. The lowest BCUT2D eigenvalue weighted by atomic mass is 10.2. The molecule has 1 rings (SSSR count). The summed E-state index contributed by atoms with van der Waals surface area (Å²) in [6.07, 6.45) is 0. The Hall–Kier alpha value is -1.43. The van der Waals surface area contributed by atoms with Crippen molar-refractivity contribution in [2.75, 3.05) is 0 Å². The van der Waals surface area contributed by atoms with Crippen LogP contribution < -0.4 is 0 Å². The maximum absolute atomic E-state index is 12.9. The van der Waals surface area contributed by atoms with Crippen molar-refractivity contribution >= 4 is 0 Å². The second-order valence-electron chi connectivity index (χ2n) is 2.34. The summed E-state index contributed by atoms with van der Waals surface area (Å²) in [6.45, 7) is 7.16. The van der Waals surface area contributed by atoms with E-state index in [4.69, 9.17) is 5.26 Å². The van der Waals surface area contributed by atoms with Crippen molar-refractivity contribution < 1.29 is 4.39 Å². The van der Waals surface area contributed by atoms with E-state index in [1.807, 2.05) is 19.9 Å². The third-order valence-corrected chi connectivity index (χ3v) is 1.42. The zero-order chi connectivity index (χ0) is 10.4. The summed E-state index contributed by atoms with van der Waals surface area (Å²) >= 11 is 0.